The van der Waals surface area contributed by atoms with Gasteiger partial charge in [0.1, 0.15) is 17.7 Å². The van der Waals surface area contributed by atoms with Crippen LogP contribution in [0.1, 0.15) is 45.4 Å². The van der Waals surface area contributed by atoms with Gasteiger partial charge in [-0.2, -0.15) is 0 Å². The second-order valence-electron chi connectivity index (χ2n) is 11.5. The Morgan fingerprint density at radius 2 is 1.25 bits per heavy atom. The zero-order valence-corrected chi connectivity index (χ0v) is 27.4. The fourth-order valence-electron chi connectivity index (χ4n) is 4.37. The van der Waals surface area contributed by atoms with Gasteiger partial charge in [0, 0.05) is 70.3 Å². The van der Waals surface area contributed by atoms with Gasteiger partial charge in [-0.25, -0.2) is 9.97 Å². The van der Waals surface area contributed by atoms with E-state index in [4.69, 9.17) is 33.4 Å². The van der Waals surface area contributed by atoms with Gasteiger partial charge >= 0.3 is 14.1 Å². The summed E-state index contributed by atoms with van der Waals surface area (Å²) in [4.78, 5) is 16.9. The summed E-state index contributed by atoms with van der Waals surface area (Å²) >= 11 is 12.4. The molecule has 0 spiro atoms. The van der Waals surface area contributed by atoms with Crippen LogP contribution < -0.4 is 9.80 Å². The molecule has 0 radical (unpaired) electrons. The third-order valence-corrected chi connectivity index (χ3v) is 7.32. The molecule has 0 saturated carbocycles. The van der Waals surface area contributed by atoms with E-state index in [1.54, 1.807) is 52.8 Å². The summed E-state index contributed by atoms with van der Waals surface area (Å²) in [7, 11) is -0.832. The maximum Gasteiger partial charge on any atom is 0.376 e. The van der Waals surface area contributed by atoms with Gasteiger partial charge in [0.05, 0.1) is 22.3 Å². The largest absolute Gasteiger partial charge is 0.437 e. The van der Waals surface area contributed by atoms with Crippen molar-refractivity contribution >= 4 is 55.0 Å². The molecule has 0 amide bonds. The summed E-state index contributed by atoms with van der Waals surface area (Å²) in [5.74, 6) is 1.48. The van der Waals surface area contributed by atoms with Crippen LogP contribution in [-0.2, 0) is 0 Å². The minimum atomic E-state index is -0.957. The van der Waals surface area contributed by atoms with E-state index in [2.05, 4.69) is 26.3 Å². The van der Waals surface area contributed by atoms with Crippen LogP contribution in [0.4, 0.5) is 11.6 Å². The van der Waals surface area contributed by atoms with E-state index < -0.39 is 25.8 Å². The van der Waals surface area contributed by atoms with Gasteiger partial charge in [-0.15, -0.1) is 0 Å². The summed E-state index contributed by atoms with van der Waals surface area (Å²) in [6, 6.07) is 3.50. The number of nitrogens with zero attached hydrogens (tertiary/aromatic N) is 6. The average molecular weight is 655 g/mol. The molecule has 2 aromatic rings. The standard InChI is InChI=1S/C12H19BClN3O3.C12H17BClN3O.C4H10O.CH4/c1-13(20)17-4-2-16(3-5-17)12-10(14)6-9(7-15-12)11(19)8-18;1-3-10-8-11(14)12(15-9-10)16-4-6-17(7-5-16)13(2)18;1-4(2,3)5;/h6-7,11,18-20H,2-5,8H2,1H3;3,8-9,18H,1,4-7H2,2H3;5H,1-3H3;1H4/t11-;;;/m1.../s1. The van der Waals surface area contributed by atoms with Crippen LogP contribution in [-0.4, -0.2) is 124 Å². The predicted octanol–water partition coefficient (Wildman–Crippen LogP) is 3.02. The first-order valence-corrected chi connectivity index (χ1v) is 15.2. The molecule has 0 bridgehead atoms. The highest BCUT2D eigenvalue weighted by molar-refractivity contribution is 6.45. The number of aromatic nitrogens is 2. The summed E-state index contributed by atoms with van der Waals surface area (Å²) in [6.45, 7) is 18.4. The van der Waals surface area contributed by atoms with Crippen molar-refractivity contribution in [2.24, 2.45) is 0 Å². The molecule has 2 aliphatic heterocycles. The van der Waals surface area contributed by atoms with E-state index in [0.717, 1.165) is 63.7 Å². The Bertz CT molecular complexity index is 1140. The highest BCUT2D eigenvalue weighted by Gasteiger charge is 2.25. The van der Waals surface area contributed by atoms with Crippen molar-refractivity contribution in [3.05, 3.63) is 52.3 Å². The Morgan fingerprint density at radius 3 is 1.57 bits per heavy atom. The molecule has 246 valence electrons. The minimum absolute atomic E-state index is 0. The first kappa shape index (κ1) is 40.1. The fourth-order valence-corrected chi connectivity index (χ4v) is 4.96. The van der Waals surface area contributed by atoms with Crippen LogP contribution in [0.5, 0.6) is 0 Å². The summed E-state index contributed by atoms with van der Waals surface area (Å²) < 4.78 is 0. The average Bonchev–Trinajstić information content (AvgIpc) is 2.96. The van der Waals surface area contributed by atoms with Gasteiger partial charge in [-0.05, 0) is 52.1 Å². The van der Waals surface area contributed by atoms with Crippen LogP contribution in [0.25, 0.3) is 6.08 Å². The van der Waals surface area contributed by atoms with Crippen LogP contribution in [0, 0.1) is 0 Å². The Hall–Kier alpha value is -1.93. The van der Waals surface area contributed by atoms with E-state index in [0.29, 0.717) is 21.4 Å². The van der Waals surface area contributed by atoms with Crippen LogP contribution >= 0.6 is 23.2 Å². The van der Waals surface area contributed by atoms with Crippen LogP contribution in [0.15, 0.2) is 31.1 Å². The number of aliphatic hydroxyl groups excluding tert-OH is 2. The van der Waals surface area contributed by atoms with Crippen molar-refractivity contribution in [3.8, 4) is 0 Å². The monoisotopic (exact) mass is 654 g/mol. The first-order valence-electron chi connectivity index (χ1n) is 14.4. The van der Waals surface area contributed by atoms with Crippen molar-refractivity contribution in [2.75, 3.05) is 68.8 Å². The van der Waals surface area contributed by atoms with Crippen molar-refractivity contribution in [3.63, 3.8) is 0 Å². The van der Waals surface area contributed by atoms with E-state index in [1.165, 1.54) is 6.20 Å². The van der Waals surface area contributed by atoms with Gasteiger partial charge in [0.2, 0.25) is 0 Å². The van der Waals surface area contributed by atoms with E-state index in [1.807, 2.05) is 15.7 Å². The number of aliphatic hydroxyl groups is 3. The maximum atomic E-state index is 9.55. The quantitative estimate of drug-likeness (QED) is 0.282. The molecule has 11 nitrogen and oxygen atoms in total. The van der Waals surface area contributed by atoms with Gasteiger partial charge in [-0.1, -0.05) is 43.3 Å². The number of hydrogen-bond donors (Lipinski definition) is 5. The molecular formula is C29H50B2Cl2N6O5. The van der Waals surface area contributed by atoms with E-state index >= 15 is 0 Å². The minimum Gasteiger partial charge on any atom is -0.437 e. The zero-order chi connectivity index (χ0) is 32.3. The molecule has 2 aromatic heterocycles. The summed E-state index contributed by atoms with van der Waals surface area (Å²) in [6.07, 6.45) is 4.08. The highest BCUT2D eigenvalue weighted by Crippen LogP contribution is 2.28. The third-order valence-electron chi connectivity index (χ3n) is 6.76. The van der Waals surface area contributed by atoms with Gasteiger partial charge in [-0.3, -0.25) is 0 Å². The van der Waals surface area contributed by atoms with Gasteiger partial charge in [0.25, 0.3) is 0 Å². The number of piperazine rings is 2. The molecule has 1 atom stereocenters. The molecule has 2 saturated heterocycles. The molecule has 0 aliphatic carbocycles. The fraction of sp³-hybridized carbons (Fsp3) is 0.586. The molecular weight excluding hydrogens is 605 g/mol. The van der Waals surface area contributed by atoms with Crippen LogP contribution in [0.2, 0.25) is 23.7 Å². The van der Waals surface area contributed by atoms with Crippen LogP contribution in [0.3, 0.4) is 0 Å². The molecule has 4 heterocycles. The van der Waals surface area contributed by atoms with Gasteiger partial charge in [0.15, 0.2) is 0 Å². The Kier molecular flexibility index (Phi) is 17.2. The SMILES string of the molecule is C.C=Cc1cnc(N2CCN(B(C)O)CC2)c(Cl)c1.CB(O)N1CCN(c2ncc([C@H](O)CO)cc2Cl)CC1.CC(C)(C)O. The molecule has 4 rings (SSSR count). The second kappa shape index (κ2) is 18.9. The smallest absolute Gasteiger partial charge is 0.376 e. The number of pyridine rings is 2. The summed E-state index contributed by atoms with van der Waals surface area (Å²) in [5, 5.41) is 47.1. The molecule has 0 aromatic carbocycles. The lowest BCUT2D eigenvalue weighted by molar-refractivity contribution is 0.0953. The number of halogens is 2. The predicted molar refractivity (Wildman–Crippen MR) is 185 cm³/mol. The van der Waals surface area contributed by atoms with Crippen molar-refractivity contribution in [2.45, 2.75) is 53.5 Å². The van der Waals surface area contributed by atoms with E-state index in [9.17, 15) is 15.2 Å². The molecule has 15 heteroatoms. The molecule has 2 fully saturated rings. The lowest BCUT2D eigenvalue weighted by Gasteiger charge is -2.36. The third kappa shape index (κ3) is 13.2. The molecule has 0 unspecified atom stereocenters. The Morgan fingerprint density at radius 1 is 0.864 bits per heavy atom. The normalized spacial score (nSPS) is 16.5. The lowest BCUT2D eigenvalue weighted by Crippen LogP contribution is -2.51. The van der Waals surface area contributed by atoms with E-state index in [-0.39, 0.29) is 14.0 Å². The Labute approximate surface area is 274 Å². The topological polar surface area (TPSA) is 140 Å². The van der Waals surface area contributed by atoms with Crippen molar-refractivity contribution in [1.82, 2.24) is 19.6 Å². The molecule has 2 aliphatic rings. The highest BCUT2D eigenvalue weighted by atomic mass is 35.5. The first-order chi connectivity index (χ1) is 20.1. The second-order valence-corrected chi connectivity index (χ2v) is 12.3. The number of hydrogen-bond acceptors (Lipinski definition) is 11. The molecule has 44 heavy (non-hydrogen) atoms. The van der Waals surface area contributed by atoms with Crippen molar-refractivity contribution < 1.29 is 25.4 Å². The lowest BCUT2D eigenvalue weighted by atomic mass is 9.84. The maximum absolute atomic E-state index is 9.55. The van der Waals surface area contributed by atoms with Gasteiger partial charge < -0.3 is 44.8 Å². The zero-order valence-electron chi connectivity index (χ0n) is 25.9. The summed E-state index contributed by atoms with van der Waals surface area (Å²) in [5.41, 5.74) is 0.926. The Balaban J connectivity index is 0.000000376. The molecule has 5 N–H and O–H groups in total. The number of rotatable bonds is 7. The number of anilines is 2. The van der Waals surface area contributed by atoms with Crippen molar-refractivity contribution in [1.29, 1.82) is 0 Å².